The Balaban J connectivity index is 1.33. The van der Waals surface area contributed by atoms with Crippen molar-refractivity contribution in [2.75, 3.05) is 11.9 Å². The van der Waals surface area contributed by atoms with Crippen LogP contribution < -0.4 is 10.1 Å². The number of hydrogen-bond donors (Lipinski definition) is 2. The maximum Gasteiger partial charge on any atom is 0.296 e. The maximum atomic E-state index is 13.0. The van der Waals surface area contributed by atoms with Gasteiger partial charge < -0.3 is 15.2 Å². The molecule has 0 bridgehead atoms. The molecule has 0 saturated heterocycles. The molecule has 8 nitrogen and oxygen atoms in total. The van der Waals surface area contributed by atoms with E-state index in [0.29, 0.717) is 11.6 Å². The number of anilines is 1. The Morgan fingerprint density at radius 1 is 1.17 bits per heavy atom. The van der Waals surface area contributed by atoms with Crippen LogP contribution in [0.3, 0.4) is 0 Å². The first kappa shape index (κ1) is 23.7. The number of aromatic nitrogens is 4. The number of aliphatic hydroxyl groups is 1. The van der Waals surface area contributed by atoms with Gasteiger partial charge in [0.05, 0.1) is 11.6 Å². The second-order valence-corrected chi connectivity index (χ2v) is 9.72. The fourth-order valence-electron chi connectivity index (χ4n) is 4.34. The van der Waals surface area contributed by atoms with Gasteiger partial charge in [-0.05, 0) is 73.7 Å². The molecule has 0 spiro atoms. The fourth-order valence-corrected chi connectivity index (χ4v) is 4.34. The minimum Gasteiger partial charge on any atom is -0.491 e. The van der Waals surface area contributed by atoms with Gasteiger partial charge in [0.1, 0.15) is 24.0 Å². The molecule has 3 heterocycles. The molecule has 36 heavy (non-hydrogen) atoms. The van der Waals surface area contributed by atoms with Crippen molar-refractivity contribution in [1.29, 1.82) is 0 Å². The molecule has 184 valence electrons. The number of aryl methyl sites for hydroxylation is 2. The Morgan fingerprint density at radius 3 is 2.75 bits per heavy atom. The number of hydrogen-bond acceptors (Lipinski definition) is 6. The maximum absolute atomic E-state index is 13.0. The van der Waals surface area contributed by atoms with E-state index in [1.54, 1.807) is 20.0 Å². The molecule has 8 heteroatoms. The van der Waals surface area contributed by atoms with Crippen molar-refractivity contribution in [3.63, 3.8) is 0 Å². The summed E-state index contributed by atoms with van der Waals surface area (Å²) in [6.07, 6.45) is 3.35. The summed E-state index contributed by atoms with van der Waals surface area (Å²) < 4.78 is 7.61. The van der Waals surface area contributed by atoms with Gasteiger partial charge in [-0.2, -0.15) is 0 Å². The van der Waals surface area contributed by atoms with Gasteiger partial charge in [0.2, 0.25) is 5.82 Å². The van der Waals surface area contributed by atoms with Crippen LogP contribution in [0.25, 0.3) is 11.1 Å². The molecule has 0 saturated carbocycles. The molecule has 2 N–H and O–H groups in total. The van der Waals surface area contributed by atoms with Gasteiger partial charge in [0, 0.05) is 12.6 Å². The lowest BCUT2D eigenvalue weighted by Gasteiger charge is -2.18. The Kier molecular flexibility index (Phi) is 6.28. The highest BCUT2D eigenvalue weighted by atomic mass is 16.5. The zero-order valence-corrected chi connectivity index (χ0v) is 20.6. The predicted octanol–water partition coefficient (Wildman–Crippen LogP) is 4.59. The molecule has 1 aliphatic rings. The lowest BCUT2D eigenvalue weighted by molar-refractivity contribution is 0.0285. The van der Waals surface area contributed by atoms with Crippen molar-refractivity contribution in [2.24, 2.45) is 0 Å². The van der Waals surface area contributed by atoms with E-state index in [4.69, 9.17) is 4.74 Å². The van der Waals surface area contributed by atoms with E-state index in [9.17, 15) is 9.90 Å². The Bertz CT molecular complexity index is 1390. The number of benzene rings is 2. The van der Waals surface area contributed by atoms with Crippen molar-refractivity contribution < 1.29 is 14.6 Å². The second-order valence-electron chi connectivity index (χ2n) is 9.72. The third kappa shape index (κ3) is 5.13. The van der Waals surface area contributed by atoms with Crippen LogP contribution in [0, 0.1) is 6.92 Å². The number of nitrogens with zero attached hydrogens (tertiary/aromatic N) is 4. The first-order chi connectivity index (χ1) is 17.3. The number of ether oxygens (including phenoxy) is 1. The van der Waals surface area contributed by atoms with Crippen LogP contribution in [0.4, 0.5) is 5.82 Å². The van der Waals surface area contributed by atoms with Gasteiger partial charge in [-0.15, -0.1) is 5.10 Å². The number of fused-ring (bicyclic) bond motifs is 1. The third-order valence-corrected chi connectivity index (χ3v) is 6.14. The summed E-state index contributed by atoms with van der Waals surface area (Å²) in [6, 6.07) is 19.7. The SMILES string of the molecule is Cc1ccc(OCC(C)(C)O)cc1-c1ccnc(NC(=O)c2nc3n(n2)C(c2ccccc2)CC3)c1. The van der Waals surface area contributed by atoms with Crippen LogP contribution in [0.2, 0.25) is 0 Å². The molecular formula is C28H29N5O3. The van der Waals surface area contributed by atoms with E-state index in [0.717, 1.165) is 40.9 Å². The normalized spacial score (nSPS) is 14.9. The van der Waals surface area contributed by atoms with Gasteiger partial charge in [0.15, 0.2) is 0 Å². The lowest BCUT2D eigenvalue weighted by atomic mass is 10.0. The summed E-state index contributed by atoms with van der Waals surface area (Å²) in [4.78, 5) is 21.8. The van der Waals surface area contributed by atoms with Crippen LogP contribution in [0.5, 0.6) is 5.75 Å². The van der Waals surface area contributed by atoms with Gasteiger partial charge in [-0.1, -0.05) is 36.4 Å². The first-order valence-electron chi connectivity index (χ1n) is 12.0. The van der Waals surface area contributed by atoms with Crippen molar-refractivity contribution in [1.82, 2.24) is 19.7 Å². The molecule has 1 atom stereocenters. The highest BCUT2D eigenvalue weighted by molar-refractivity contribution is 6.01. The quantitative estimate of drug-likeness (QED) is 0.399. The molecule has 0 radical (unpaired) electrons. The van der Waals surface area contributed by atoms with Crippen molar-refractivity contribution >= 4 is 11.7 Å². The van der Waals surface area contributed by atoms with Crippen LogP contribution in [-0.4, -0.2) is 43.0 Å². The summed E-state index contributed by atoms with van der Waals surface area (Å²) >= 11 is 0. The molecule has 2 aromatic carbocycles. The molecule has 1 aliphatic heterocycles. The lowest BCUT2D eigenvalue weighted by Crippen LogP contribution is -2.27. The monoisotopic (exact) mass is 483 g/mol. The standard InChI is InChI=1S/C28H29N5O3/c1-18-9-10-21(36-17-28(2,3)35)16-22(18)20-13-14-29-24(15-20)30-27(34)26-31-25-12-11-23(33(25)32-26)19-7-5-4-6-8-19/h4-10,13-16,23,35H,11-12,17H2,1-3H3,(H,29,30,34). The smallest absolute Gasteiger partial charge is 0.296 e. The zero-order chi connectivity index (χ0) is 25.3. The Hall–Kier alpha value is -4.04. The molecule has 0 aliphatic carbocycles. The van der Waals surface area contributed by atoms with Crippen LogP contribution in [-0.2, 0) is 6.42 Å². The van der Waals surface area contributed by atoms with Gasteiger partial charge >= 0.3 is 0 Å². The number of carbonyl (C=O) groups excluding carboxylic acids is 1. The first-order valence-corrected chi connectivity index (χ1v) is 12.0. The van der Waals surface area contributed by atoms with E-state index in [1.165, 1.54) is 0 Å². The fraction of sp³-hybridized carbons (Fsp3) is 0.286. The Morgan fingerprint density at radius 2 is 1.97 bits per heavy atom. The number of amides is 1. The molecule has 0 fully saturated rings. The van der Waals surface area contributed by atoms with Crippen LogP contribution >= 0.6 is 0 Å². The summed E-state index contributed by atoms with van der Waals surface area (Å²) in [6.45, 7) is 5.59. The van der Waals surface area contributed by atoms with Crippen molar-refractivity contribution in [2.45, 2.75) is 45.3 Å². The molecule has 4 aromatic rings. The topological polar surface area (TPSA) is 102 Å². The number of carbonyl (C=O) groups is 1. The molecule has 5 rings (SSSR count). The Labute approximate surface area is 210 Å². The summed E-state index contributed by atoms with van der Waals surface area (Å²) in [5, 5.41) is 17.3. The third-order valence-electron chi connectivity index (χ3n) is 6.14. The van der Waals surface area contributed by atoms with Crippen molar-refractivity contribution in [3.8, 4) is 16.9 Å². The average Bonchev–Trinajstić information content (AvgIpc) is 3.45. The van der Waals surface area contributed by atoms with Gasteiger partial charge in [-0.3, -0.25) is 4.79 Å². The van der Waals surface area contributed by atoms with Gasteiger partial charge in [-0.25, -0.2) is 14.6 Å². The summed E-state index contributed by atoms with van der Waals surface area (Å²) in [7, 11) is 0. The highest BCUT2D eigenvalue weighted by Gasteiger charge is 2.28. The second kappa shape index (κ2) is 9.54. The number of pyridine rings is 1. The van der Waals surface area contributed by atoms with Crippen LogP contribution in [0.15, 0.2) is 66.9 Å². The summed E-state index contributed by atoms with van der Waals surface area (Å²) in [5.74, 6) is 1.62. The minimum atomic E-state index is -0.929. The highest BCUT2D eigenvalue weighted by Crippen LogP contribution is 2.31. The van der Waals surface area contributed by atoms with E-state index in [1.807, 2.05) is 60.1 Å². The molecular weight excluding hydrogens is 454 g/mol. The van der Waals surface area contributed by atoms with Crippen molar-refractivity contribution in [3.05, 3.63) is 89.6 Å². The molecule has 2 aromatic heterocycles. The number of nitrogens with one attached hydrogen (secondary N) is 1. The van der Waals surface area contributed by atoms with E-state index < -0.39 is 11.5 Å². The van der Waals surface area contributed by atoms with E-state index in [-0.39, 0.29) is 18.5 Å². The average molecular weight is 484 g/mol. The number of rotatable bonds is 7. The van der Waals surface area contributed by atoms with Gasteiger partial charge in [0.25, 0.3) is 5.91 Å². The van der Waals surface area contributed by atoms with Crippen LogP contribution in [0.1, 0.15) is 53.9 Å². The predicted molar refractivity (Wildman–Crippen MR) is 137 cm³/mol. The minimum absolute atomic E-state index is 0.0885. The zero-order valence-electron chi connectivity index (χ0n) is 20.6. The summed E-state index contributed by atoms with van der Waals surface area (Å²) in [5.41, 5.74) is 3.11. The largest absolute Gasteiger partial charge is 0.491 e. The molecule has 1 unspecified atom stereocenters. The van der Waals surface area contributed by atoms with E-state index >= 15 is 0 Å². The van der Waals surface area contributed by atoms with E-state index in [2.05, 4.69) is 32.5 Å². The molecule has 1 amide bonds.